The highest BCUT2D eigenvalue weighted by molar-refractivity contribution is 5.95. The van der Waals surface area contributed by atoms with Gasteiger partial charge in [-0.3, -0.25) is 9.59 Å². The van der Waals surface area contributed by atoms with Gasteiger partial charge >= 0.3 is 0 Å². The van der Waals surface area contributed by atoms with Crippen LogP contribution in [-0.4, -0.2) is 11.6 Å². The molecule has 2 heteroatoms. The van der Waals surface area contributed by atoms with Crippen LogP contribution in [0.2, 0.25) is 0 Å². The van der Waals surface area contributed by atoms with Crippen molar-refractivity contribution in [3.63, 3.8) is 0 Å². The number of allylic oxidation sites excluding steroid dienone is 4. The Bertz CT molecular complexity index is 640. The molecule has 0 aromatic rings. The molecule has 2 nitrogen and oxygen atoms in total. The molecule has 0 N–H and O–H groups in total. The van der Waals surface area contributed by atoms with Crippen LogP contribution in [0.1, 0.15) is 65.7 Å². The number of ketones is 2. The van der Waals surface area contributed by atoms with Crippen molar-refractivity contribution in [3.8, 4) is 0 Å². The summed E-state index contributed by atoms with van der Waals surface area (Å²) in [5, 5.41) is 0. The second-order valence-electron chi connectivity index (χ2n) is 8.84. The Hall–Kier alpha value is -1.18. The van der Waals surface area contributed by atoms with Gasteiger partial charge in [-0.25, -0.2) is 0 Å². The van der Waals surface area contributed by atoms with Crippen molar-refractivity contribution in [1.82, 2.24) is 0 Å². The van der Waals surface area contributed by atoms with E-state index in [0.29, 0.717) is 30.0 Å². The minimum atomic E-state index is 0.0964. The van der Waals surface area contributed by atoms with E-state index in [0.717, 1.165) is 37.7 Å². The third kappa shape index (κ3) is 1.99. The fourth-order valence-corrected chi connectivity index (χ4v) is 6.59. The fourth-order valence-electron chi connectivity index (χ4n) is 6.59. The molecular weight excluding hydrogens is 284 g/mol. The maximum absolute atomic E-state index is 12.1. The lowest BCUT2D eigenvalue weighted by Gasteiger charge is -2.57. The van der Waals surface area contributed by atoms with Gasteiger partial charge in [-0.2, -0.15) is 0 Å². The molecule has 124 valence electrons. The number of hydrogen-bond donors (Lipinski definition) is 0. The van der Waals surface area contributed by atoms with Crippen molar-refractivity contribution < 1.29 is 9.59 Å². The molecule has 0 aliphatic heterocycles. The lowest BCUT2D eigenvalue weighted by atomic mass is 9.47. The highest BCUT2D eigenvalue weighted by Gasteiger charge is 2.57. The van der Waals surface area contributed by atoms with Gasteiger partial charge in [0.25, 0.3) is 0 Å². The van der Waals surface area contributed by atoms with E-state index in [2.05, 4.69) is 26.0 Å². The summed E-state index contributed by atoms with van der Waals surface area (Å²) in [4.78, 5) is 24.0. The molecule has 0 saturated heterocycles. The molecule has 2 fully saturated rings. The number of carbonyl (C=O) groups excluding carboxylic acids is 2. The fraction of sp³-hybridized carbons (Fsp3) is 0.714. The average molecular weight is 312 g/mol. The van der Waals surface area contributed by atoms with Gasteiger partial charge in [-0.1, -0.05) is 31.6 Å². The van der Waals surface area contributed by atoms with E-state index in [9.17, 15) is 9.59 Å². The minimum absolute atomic E-state index is 0.0964. The van der Waals surface area contributed by atoms with Crippen molar-refractivity contribution in [2.24, 2.45) is 28.6 Å². The summed E-state index contributed by atoms with van der Waals surface area (Å²) in [6, 6.07) is 0. The van der Waals surface area contributed by atoms with E-state index < -0.39 is 0 Å². The predicted molar refractivity (Wildman–Crippen MR) is 90.9 cm³/mol. The summed E-state index contributed by atoms with van der Waals surface area (Å²) in [5.41, 5.74) is 2.85. The van der Waals surface area contributed by atoms with E-state index in [1.165, 1.54) is 12.0 Å². The van der Waals surface area contributed by atoms with Gasteiger partial charge in [0.05, 0.1) is 0 Å². The van der Waals surface area contributed by atoms with Gasteiger partial charge < -0.3 is 0 Å². The monoisotopic (exact) mass is 312 g/mol. The quantitative estimate of drug-likeness (QED) is 0.661. The van der Waals surface area contributed by atoms with Crippen LogP contribution in [0, 0.1) is 28.6 Å². The first-order valence-corrected chi connectivity index (χ1v) is 9.29. The molecule has 23 heavy (non-hydrogen) atoms. The zero-order chi connectivity index (χ0) is 16.4. The first-order valence-electron chi connectivity index (χ1n) is 9.29. The Morgan fingerprint density at radius 2 is 1.87 bits per heavy atom. The summed E-state index contributed by atoms with van der Waals surface area (Å²) in [6.45, 7) is 6.48. The number of hydrogen-bond acceptors (Lipinski definition) is 2. The van der Waals surface area contributed by atoms with Crippen molar-refractivity contribution in [2.45, 2.75) is 65.7 Å². The molecule has 0 aromatic carbocycles. The van der Waals surface area contributed by atoms with Crippen molar-refractivity contribution >= 4 is 11.6 Å². The Kier molecular flexibility index (Phi) is 3.28. The van der Waals surface area contributed by atoms with E-state index in [1.807, 2.05) is 0 Å². The van der Waals surface area contributed by atoms with Gasteiger partial charge in [-0.15, -0.1) is 0 Å². The Morgan fingerprint density at radius 1 is 1.09 bits per heavy atom. The van der Waals surface area contributed by atoms with Crippen LogP contribution >= 0.6 is 0 Å². The molecule has 0 heterocycles. The van der Waals surface area contributed by atoms with Gasteiger partial charge in [0.15, 0.2) is 5.78 Å². The van der Waals surface area contributed by atoms with E-state index in [1.54, 1.807) is 6.92 Å². The highest BCUT2D eigenvalue weighted by Crippen LogP contribution is 2.64. The lowest BCUT2D eigenvalue weighted by molar-refractivity contribution is -0.122. The van der Waals surface area contributed by atoms with E-state index in [4.69, 9.17) is 0 Å². The van der Waals surface area contributed by atoms with Crippen molar-refractivity contribution in [2.75, 3.05) is 0 Å². The van der Waals surface area contributed by atoms with Crippen LogP contribution in [0.5, 0.6) is 0 Å². The Balaban J connectivity index is 1.68. The summed E-state index contributed by atoms with van der Waals surface area (Å²) in [5.74, 6) is 2.70. The van der Waals surface area contributed by atoms with Crippen LogP contribution in [0.3, 0.4) is 0 Å². The smallest absolute Gasteiger partial charge is 0.156 e. The number of carbonyl (C=O) groups is 2. The van der Waals surface area contributed by atoms with E-state index in [-0.39, 0.29) is 16.6 Å². The molecule has 4 aliphatic rings. The van der Waals surface area contributed by atoms with Crippen molar-refractivity contribution in [1.29, 1.82) is 0 Å². The lowest BCUT2D eigenvalue weighted by Crippen LogP contribution is -2.50. The Labute approximate surface area is 139 Å². The summed E-state index contributed by atoms with van der Waals surface area (Å²) < 4.78 is 0. The van der Waals surface area contributed by atoms with Crippen molar-refractivity contribution in [3.05, 3.63) is 23.3 Å². The maximum atomic E-state index is 12.1. The highest BCUT2D eigenvalue weighted by atomic mass is 16.1. The van der Waals surface area contributed by atoms with Crippen LogP contribution in [-0.2, 0) is 9.59 Å². The number of Topliss-reactive ketones (excluding diaryl/α,β-unsaturated/α-hetero) is 2. The van der Waals surface area contributed by atoms with Gasteiger partial charge in [0.1, 0.15) is 5.78 Å². The molecular formula is C21H28O2. The van der Waals surface area contributed by atoms with Crippen LogP contribution < -0.4 is 0 Å². The third-order valence-corrected chi connectivity index (χ3v) is 7.90. The van der Waals surface area contributed by atoms with Gasteiger partial charge in [0.2, 0.25) is 0 Å². The largest absolute Gasteiger partial charge is 0.299 e. The molecule has 0 radical (unpaired) electrons. The summed E-state index contributed by atoms with van der Waals surface area (Å²) in [7, 11) is 0. The average Bonchev–Trinajstić information content (AvgIpc) is 2.85. The molecule has 4 aliphatic carbocycles. The SMILES string of the molecule is CC(=O)C1=CC[C@H]2[C@@H]3CC=C4CC(=O)CC[C@]4(C)[C@H]3CC[C@]12C. The van der Waals surface area contributed by atoms with Gasteiger partial charge in [0, 0.05) is 12.8 Å². The number of fused-ring (bicyclic) bond motifs is 5. The summed E-state index contributed by atoms with van der Waals surface area (Å²) in [6.07, 6.45) is 11.7. The van der Waals surface area contributed by atoms with Crippen LogP contribution in [0.25, 0.3) is 0 Å². The standard InChI is InChI=1S/C21H28O2/c1-13(22)17-6-7-18-16-5-4-14-12-15(23)8-10-20(14,2)19(16)9-11-21(17,18)3/h4,6,16,18-19H,5,7-12H2,1-3H3/t16-,18-,19-,20-,21+/m0/s1. The third-order valence-electron chi connectivity index (χ3n) is 7.90. The van der Waals surface area contributed by atoms with E-state index >= 15 is 0 Å². The maximum Gasteiger partial charge on any atom is 0.156 e. The first-order chi connectivity index (χ1) is 10.9. The molecule has 0 amide bonds. The molecule has 4 rings (SSSR count). The molecule has 0 bridgehead atoms. The molecule has 0 aromatic heterocycles. The predicted octanol–water partition coefficient (Wildman–Crippen LogP) is 4.64. The molecule has 0 spiro atoms. The van der Waals surface area contributed by atoms with Crippen LogP contribution in [0.15, 0.2) is 23.3 Å². The Morgan fingerprint density at radius 3 is 2.61 bits per heavy atom. The second kappa shape index (κ2) is 4.91. The first kappa shape index (κ1) is 15.4. The zero-order valence-electron chi connectivity index (χ0n) is 14.7. The number of rotatable bonds is 1. The minimum Gasteiger partial charge on any atom is -0.299 e. The topological polar surface area (TPSA) is 34.1 Å². The molecule has 5 atom stereocenters. The van der Waals surface area contributed by atoms with Crippen LogP contribution in [0.4, 0.5) is 0 Å². The summed E-state index contributed by atoms with van der Waals surface area (Å²) >= 11 is 0. The second-order valence-corrected chi connectivity index (χ2v) is 8.84. The molecule has 0 unspecified atom stereocenters. The molecule has 2 saturated carbocycles. The zero-order valence-corrected chi connectivity index (χ0v) is 14.7. The van der Waals surface area contributed by atoms with Gasteiger partial charge in [-0.05, 0) is 73.2 Å². The normalized spacial score (nSPS) is 45.5.